The van der Waals surface area contributed by atoms with Gasteiger partial charge in [-0.2, -0.15) is 13.2 Å². The first-order chi connectivity index (χ1) is 12.3. The summed E-state index contributed by atoms with van der Waals surface area (Å²) in [6.45, 7) is -0.427. The second-order valence-corrected chi connectivity index (χ2v) is 6.07. The van der Waals surface area contributed by atoms with Crippen molar-refractivity contribution in [1.82, 2.24) is 4.90 Å². The zero-order chi connectivity index (χ0) is 18.9. The topological polar surface area (TPSA) is 87.7 Å². The highest BCUT2D eigenvalue weighted by molar-refractivity contribution is 6.00. The molecule has 3 amide bonds. The van der Waals surface area contributed by atoms with E-state index in [4.69, 9.17) is 4.74 Å². The molecule has 2 N–H and O–H groups in total. The van der Waals surface area contributed by atoms with Crippen LogP contribution < -0.4 is 15.4 Å². The first-order valence-corrected chi connectivity index (χ1v) is 7.98. The number of anilines is 2. The summed E-state index contributed by atoms with van der Waals surface area (Å²) >= 11 is 0. The molecular weight excluding hydrogens is 355 g/mol. The van der Waals surface area contributed by atoms with Gasteiger partial charge in [0.2, 0.25) is 5.91 Å². The average molecular weight is 371 g/mol. The van der Waals surface area contributed by atoms with Crippen LogP contribution in [0.25, 0.3) is 0 Å². The molecule has 0 aliphatic carbocycles. The van der Waals surface area contributed by atoms with Crippen LogP contribution >= 0.6 is 0 Å². The zero-order valence-corrected chi connectivity index (χ0v) is 13.6. The van der Waals surface area contributed by atoms with Crippen molar-refractivity contribution in [2.75, 3.05) is 30.3 Å². The van der Waals surface area contributed by atoms with Gasteiger partial charge in [0.05, 0.1) is 11.4 Å². The summed E-state index contributed by atoms with van der Waals surface area (Å²) in [7, 11) is 0. The van der Waals surface area contributed by atoms with Gasteiger partial charge in [0.25, 0.3) is 5.91 Å². The average Bonchev–Trinajstić information content (AvgIpc) is 2.60. The predicted octanol–water partition coefficient (Wildman–Crippen LogP) is 1.76. The van der Waals surface area contributed by atoms with E-state index in [1.807, 2.05) is 0 Å². The maximum absolute atomic E-state index is 12.5. The van der Waals surface area contributed by atoms with E-state index in [0.29, 0.717) is 22.0 Å². The lowest BCUT2D eigenvalue weighted by molar-refractivity contribution is -0.186. The molecule has 0 bridgehead atoms. The normalized spacial score (nSPS) is 17.8. The Balaban J connectivity index is 1.61. The third-order valence-corrected chi connectivity index (χ3v) is 4.29. The second kappa shape index (κ2) is 6.85. The summed E-state index contributed by atoms with van der Waals surface area (Å²) in [5.74, 6) is -2.72. The third kappa shape index (κ3) is 3.73. The van der Waals surface area contributed by atoms with E-state index in [1.165, 1.54) is 0 Å². The Kier molecular flexibility index (Phi) is 4.75. The largest absolute Gasteiger partial charge is 0.479 e. The SMILES string of the molecule is O=C1COc2c(cccc2NC(=O)C2CCN(C(=O)C(F)(F)F)CC2)N1. The molecule has 2 aliphatic rings. The minimum atomic E-state index is -4.90. The Labute approximate surface area is 146 Å². The van der Waals surface area contributed by atoms with Gasteiger partial charge in [-0.1, -0.05) is 6.07 Å². The standard InChI is InChI=1S/C16H16F3N3O4/c17-16(18,19)15(25)22-6-4-9(5-7-22)14(24)21-11-3-1-2-10-13(11)26-8-12(23)20-10/h1-3,9H,4-8H2,(H,20,23)(H,21,24). The minimum Gasteiger partial charge on any atom is -0.479 e. The quantitative estimate of drug-likeness (QED) is 0.829. The number of fused-ring (bicyclic) bond motifs is 1. The summed E-state index contributed by atoms with van der Waals surface area (Å²) < 4.78 is 42.7. The first-order valence-electron chi connectivity index (χ1n) is 7.98. The lowest BCUT2D eigenvalue weighted by atomic mass is 9.95. The van der Waals surface area contributed by atoms with Crippen LogP contribution in [0.5, 0.6) is 5.75 Å². The Bertz CT molecular complexity index is 743. The van der Waals surface area contributed by atoms with Gasteiger partial charge < -0.3 is 20.3 Å². The number of piperidine rings is 1. The smallest absolute Gasteiger partial charge is 0.471 e. The number of likely N-dealkylation sites (tertiary alicyclic amines) is 1. The lowest BCUT2D eigenvalue weighted by Crippen LogP contribution is -2.46. The summed E-state index contributed by atoms with van der Waals surface area (Å²) in [6.07, 6.45) is -4.62. The van der Waals surface area contributed by atoms with Crippen LogP contribution in [-0.2, 0) is 14.4 Å². The van der Waals surface area contributed by atoms with Crippen molar-refractivity contribution in [2.24, 2.45) is 5.92 Å². The number of halogens is 3. The molecule has 140 valence electrons. The van der Waals surface area contributed by atoms with E-state index in [0.717, 1.165) is 0 Å². The van der Waals surface area contributed by atoms with Crippen molar-refractivity contribution in [2.45, 2.75) is 19.0 Å². The molecule has 1 saturated heterocycles. The summed E-state index contributed by atoms with van der Waals surface area (Å²) in [4.78, 5) is 35.7. The van der Waals surface area contributed by atoms with Gasteiger partial charge >= 0.3 is 12.1 Å². The minimum absolute atomic E-state index is 0.129. The molecule has 2 aliphatic heterocycles. The first kappa shape index (κ1) is 18.0. The third-order valence-electron chi connectivity index (χ3n) is 4.29. The second-order valence-electron chi connectivity index (χ2n) is 6.07. The van der Waals surface area contributed by atoms with Crippen molar-refractivity contribution in [1.29, 1.82) is 0 Å². The van der Waals surface area contributed by atoms with Gasteiger partial charge in [0, 0.05) is 19.0 Å². The number of alkyl halides is 3. The number of benzene rings is 1. The molecule has 1 aromatic carbocycles. The Hall–Kier alpha value is -2.78. The number of amides is 3. The molecule has 1 fully saturated rings. The highest BCUT2D eigenvalue weighted by Crippen LogP contribution is 2.36. The van der Waals surface area contributed by atoms with Crippen molar-refractivity contribution < 1.29 is 32.3 Å². The van der Waals surface area contributed by atoms with Crippen LogP contribution in [0, 0.1) is 5.92 Å². The fraction of sp³-hybridized carbons (Fsp3) is 0.438. The fourth-order valence-electron chi connectivity index (χ4n) is 2.97. The van der Waals surface area contributed by atoms with Crippen LogP contribution in [0.3, 0.4) is 0 Å². The van der Waals surface area contributed by atoms with E-state index in [-0.39, 0.29) is 44.4 Å². The van der Waals surface area contributed by atoms with E-state index in [9.17, 15) is 27.6 Å². The highest BCUT2D eigenvalue weighted by Gasteiger charge is 2.43. The number of para-hydroxylation sites is 1. The molecule has 26 heavy (non-hydrogen) atoms. The molecule has 2 heterocycles. The number of nitrogens with one attached hydrogen (secondary N) is 2. The molecule has 7 nitrogen and oxygen atoms in total. The lowest BCUT2D eigenvalue weighted by Gasteiger charge is -2.32. The number of ether oxygens (including phenoxy) is 1. The maximum atomic E-state index is 12.5. The number of rotatable bonds is 2. The highest BCUT2D eigenvalue weighted by atomic mass is 19.4. The Morgan fingerprint density at radius 1 is 1.23 bits per heavy atom. The van der Waals surface area contributed by atoms with Crippen LogP contribution in [-0.4, -0.2) is 48.5 Å². The van der Waals surface area contributed by atoms with Crippen LogP contribution in [0.15, 0.2) is 18.2 Å². The summed E-state index contributed by atoms with van der Waals surface area (Å²) in [6, 6.07) is 4.87. The van der Waals surface area contributed by atoms with Gasteiger partial charge in [0.15, 0.2) is 12.4 Å². The van der Waals surface area contributed by atoms with Crippen LogP contribution in [0.2, 0.25) is 0 Å². The molecule has 0 radical (unpaired) electrons. The molecule has 0 unspecified atom stereocenters. The van der Waals surface area contributed by atoms with Crippen molar-refractivity contribution in [3.8, 4) is 5.75 Å². The van der Waals surface area contributed by atoms with Gasteiger partial charge in [0.1, 0.15) is 0 Å². The van der Waals surface area contributed by atoms with Gasteiger partial charge in [-0.25, -0.2) is 0 Å². The van der Waals surface area contributed by atoms with Gasteiger partial charge in [-0.3, -0.25) is 14.4 Å². The molecule has 0 aromatic heterocycles. The van der Waals surface area contributed by atoms with E-state index in [1.54, 1.807) is 18.2 Å². The number of hydrogen-bond acceptors (Lipinski definition) is 4. The summed E-state index contributed by atoms with van der Waals surface area (Å²) in [5.41, 5.74) is 0.811. The van der Waals surface area contributed by atoms with Crippen molar-refractivity contribution >= 4 is 29.1 Å². The molecule has 0 atom stereocenters. The van der Waals surface area contributed by atoms with E-state index >= 15 is 0 Å². The molecule has 1 aromatic rings. The monoisotopic (exact) mass is 371 g/mol. The van der Waals surface area contributed by atoms with Crippen molar-refractivity contribution in [3.63, 3.8) is 0 Å². The molecule has 10 heteroatoms. The van der Waals surface area contributed by atoms with E-state index in [2.05, 4.69) is 10.6 Å². The number of carbonyl (C=O) groups excluding carboxylic acids is 3. The number of carbonyl (C=O) groups is 3. The predicted molar refractivity (Wildman–Crippen MR) is 84.6 cm³/mol. The molecular formula is C16H16F3N3O4. The van der Waals surface area contributed by atoms with Crippen LogP contribution in [0.4, 0.5) is 24.5 Å². The molecule has 0 saturated carbocycles. The van der Waals surface area contributed by atoms with Gasteiger partial charge in [-0.15, -0.1) is 0 Å². The molecule has 0 spiro atoms. The van der Waals surface area contributed by atoms with Gasteiger partial charge in [-0.05, 0) is 25.0 Å². The van der Waals surface area contributed by atoms with Crippen molar-refractivity contribution in [3.05, 3.63) is 18.2 Å². The van der Waals surface area contributed by atoms with E-state index < -0.39 is 18.0 Å². The Morgan fingerprint density at radius 2 is 1.92 bits per heavy atom. The fourth-order valence-corrected chi connectivity index (χ4v) is 2.97. The zero-order valence-electron chi connectivity index (χ0n) is 13.6. The maximum Gasteiger partial charge on any atom is 0.471 e. The Morgan fingerprint density at radius 3 is 2.58 bits per heavy atom. The summed E-state index contributed by atoms with van der Waals surface area (Å²) in [5, 5.41) is 5.31. The number of nitrogens with zero attached hydrogens (tertiary/aromatic N) is 1. The molecule has 3 rings (SSSR count). The van der Waals surface area contributed by atoms with Crippen LogP contribution in [0.1, 0.15) is 12.8 Å². The number of hydrogen-bond donors (Lipinski definition) is 2.